The van der Waals surface area contributed by atoms with Gasteiger partial charge in [0.05, 0.1) is 20.8 Å². The minimum atomic E-state index is -0.266. The Balaban J connectivity index is 1.35. The van der Waals surface area contributed by atoms with E-state index in [1.165, 1.54) is 11.3 Å². The molecule has 0 aliphatic carbocycles. The molecule has 1 heterocycles. The number of benzene rings is 3. The van der Waals surface area contributed by atoms with Crippen molar-refractivity contribution in [2.45, 2.75) is 19.4 Å². The second kappa shape index (κ2) is 15.1. The van der Waals surface area contributed by atoms with E-state index in [9.17, 15) is 9.59 Å². The summed E-state index contributed by atoms with van der Waals surface area (Å²) >= 11 is 7.22. The molecule has 41 heavy (non-hydrogen) atoms. The third-order valence-corrected chi connectivity index (χ3v) is 7.32. The van der Waals surface area contributed by atoms with Crippen LogP contribution >= 0.6 is 22.9 Å². The van der Waals surface area contributed by atoms with Gasteiger partial charge in [-0.1, -0.05) is 71.5 Å². The predicted octanol–water partition coefficient (Wildman–Crippen LogP) is 5.49. The van der Waals surface area contributed by atoms with Crippen LogP contribution in [-0.4, -0.2) is 60.8 Å². The van der Waals surface area contributed by atoms with Gasteiger partial charge in [-0.3, -0.25) is 9.59 Å². The minimum absolute atomic E-state index is 0.0895. The smallest absolute Gasteiger partial charge is 0.248 e. The summed E-state index contributed by atoms with van der Waals surface area (Å²) < 4.78 is 16.4. The molecule has 4 aromatic rings. The van der Waals surface area contributed by atoms with Gasteiger partial charge in [0.2, 0.25) is 16.9 Å². The van der Waals surface area contributed by atoms with Crippen LogP contribution in [0.4, 0.5) is 5.13 Å². The van der Waals surface area contributed by atoms with Crippen LogP contribution in [0, 0.1) is 0 Å². The first kappa shape index (κ1) is 30.0. The Morgan fingerprint density at radius 1 is 0.902 bits per heavy atom. The molecular formula is C30H31ClN4O5S. The molecule has 11 heteroatoms. The number of amides is 2. The molecule has 1 N–H and O–H groups in total. The fourth-order valence-corrected chi connectivity index (χ4v) is 4.88. The number of carbonyl (C=O) groups excluding carboxylic acids is 2. The molecule has 0 fully saturated rings. The van der Waals surface area contributed by atoms with Crippen molar-refractivity contribution in [2.24, 2.45) is 0 Å². The Morgan fingerprint density at radius 2 is 1.66 bits per heavy atom. The van der Waals surface area contributed by atoms with Gasteiger partial charge < -0.3 is 24.4 Å². The molecule has 0 saturated carbocycles. The lowest BCUT2D eigenvalue weighted by Gasteiger charge is -2.23. The Bertz CT molecular complexity index is 1430. The lowest BCUT2D eigenvalue weighted by molar-refractivity contribution is -0.136. The molecule has 1 aromatic heterocycles. The molecule has 214 valence electrons. The van der Waals surface area contributed by atoms with Crippen LogP contribution in [0.2, 0.25) is 5.02 Å². The third-order valence-electron chi connectivity index (χ3n) is 6.18. The van der Waals surface area contributed by atoms with Crippen LogP contribution in [0.3, 0.4) is 0 Å². The normalized spacial score (nSPS) is 10.7. The average Bonchev–Trinajstić information content (AvgIpc) is 3.46. The van der Waals surface area contributed by atoms with E-state index < -0.39 is 0 Å². The zero-order valence-corrected chi connectivity index (χ0v) is 24.4. The molecule has 0 aliphatic heterocycles. The summed E-state index contributed by atoms with van der Waals surface area (Å²) in [5.41, 5.74) is 2.81. The number of anilines is 1. The Hall–Kier alpha value is -3.99. The summed E-state index contributed by atoms with van der Waals surface area (Å²) in [6.07, 6.45) is 0.652. The number of hydrogen-bond acceptors (Lipinski definition) is 8. The van der Waals surface area contributed by atoms with Gasteiger partial charge in [0.25, 0.3) is 0 Å². The lowest BCUT2D eigenvalue weighted by Crippen LogP contribution is -2.37. The topological polar surface area (TPSA) is 103 Å². The van der Waals surface area contributed by atoms with Gasteiger partial charge in [-0.05, 0) is 41.8 Å². The highest BCUT2D eigenvalue weighted by Gasteiger charge is 2.17. The molecular weight excluding hydrogens is 564 g/mol. The first-order valence-corrected chi connectivity index (χ1v) is 14.1. The second-order valence-corrected chi connectivity index (χ2v) is 10.4. The molecule has 4 rings (SSSR count). The molecule has 0 bridgehead atoms. The quantitative estimate of drug-likeness (QED) is 0.206. The van der Waals surface area contributed by atoms with E-state index in [4.69, 9.17) is 25.8 Å². The molecule has 2 amide bonds. The summed E-state index contributed by atoms with van der Waals surface area (Å²) in [5, 5.41) is 12.7. The summed E-state index contributed by atoms with van der Waals surface area (Å²) in [6, 6.07) is 22.5. The van der Waals surface area contributed by atoms with Crippen LogP contribution in [0.5, 0.6) is 11.5 Å². The van der Waals surface area contributed by atoms with E-state index in [0.717, 1.165) is 16.7 Å². The van der Waals surface area contributed by atoms with E-state index in [1.807, 2.05) is 60.7 Å². The van der Waals surface area contributed by atoms with Crippen molar-refractivity contribution in [3.63, 3.8) is 0 Å². The standard InChI is InChI=1S/C30H31ClN4O5S/c1-38-25-13-8-21(18-26(25)39-2)14-16-35(28(37)20-40-19-22-6-4-3-5-7-22)17-15-27(36)32-30-34-33-29(41-30)23-9-11-24(31)12-10-23/h3-13,18H,14-17,19-20H2,1-2H3,(H,32,34,36). The first-order chi connectivity index (χ1) is 19.9. The van der Waals surface area contributed by atoms with Crippen molar-refractivity contribution in [3.8, 4) is 22.1 Å². The fraction of sp³-hybridized carbons (Fsp3) is 0.267. The van der Waals surface area contributed by atoms with Crippen molar-refractivity contribution in [3.05, 3.63) is 88.9 Å². The number of carbonyl (C=O) groups is 2. The van der Waals surface area contributed by atoms with Gasteiger partial charge in [0.1, 0.15) is 11.6 Å². The van der Waals surface area contributed by atoms with Gasteiger partial charge in [-0.25, -0.2) is 0 Å². The van der Waals surface area contributed by atoms with Crippen LogP contribution < -0.4 is 14.8 Å². The number of methoxy groups -OCH3 is 2. The maximum absolute atomic E-state index is 13.1. The van der Waals surface area contributed by atoms with Crippen molar-refractivity contribution in [1.29, 1.82) is 0 Å². The molecule has 0 saturated heterocycles. The van der Waals surface area contributed by atoms with Crippen molar-refractivity contribution < 1.29 is 23.8 Å². The van der Waals surface area contributed by atoms with Crippen LogP contribution in [-0.2, 0) is 27.4 Å². The van der Waals surface area contributed by atoms with Crippen LogP contribution in [0.25, 0.3) is 10.6 Å². The number of hydrogen-bond donors (Lipinski definition) is 1. The number of nitrogens with one attached hydrogen (secondary N) is 1. The summed E-state index contributed by atoms with van der Waals surface area (Å²) in [7, 11) is 3.16. The van der Waals surface area contributed by atoms with Crippen LogP contribution in [0.15, 0.2) is 72.8 Å². The Kier molecular flexibility index (Phi) is 11.1. The Morgan fingerprint density at radius 3 is 2.39 bits per heavy atom. The number of nitrogens with zero attached hydrogens (tertiary/aromatic N) is 3. The molecule has 0 radical (unpaired) electrons. The summed E-state index contributed by atoms with van der Waals surface area (Å²) in [6.45, 7) is 0.845. The average molecular weight is 595 g/mol. The van der Waals surface area contributed by atoms with Crippen LogP contribution in [0.1, 0.15) is 17.5 Å². The largest absolute Gasteiger partial charge is 0.493 e. The highest BCUT2D eigenvalue weighted by Crippen LogP contribution is 2.28. The second-order valence-electron chi connectivity index (χ2n) is 9.02. The lowest BCUT2D eigenvalue weighted by atomic mass is 10.1. The van der Waals surface area contributed by atoms with E-state index in [0.29, 0.717) is 46.2 Å². The highest BCUT2D eigenvalue weighted by atomic mass is 35.5. The highest BCUT2D eigenvalue weighted by molar-refractivity contribution is 7.18. The van der Waals surface area contributed by atoms with Gasteiger partial charge >= 0.3 is 0 Å². The third kappa shape index (κ3) is 9.01. The van der Waals surface area contributed by atoms with E-state index in [2.05, 4.69) is 15.5 Å². The zero-order valence-electron chi connectivity index (χ0n) is 22.8. The van der Waals surface area contributed by atoms with E-state index >= 15 is 0 Å². The molecule has 0 atom stereocenters. The van der Waals surface area contributed by atoms with Crippen molar-refractivity contribution in [1.82, 2.24) is 15.1 Å². The first-order valence-electron chi connectivity index (χ1n) is 12.9. The number of halogens is 1. The van der Waals surface area contributed by atoms with Crippen molar-refractivity contribution in [2.75, 3.05) is 39.2 Å². The predicted molar refractivity (Wildman–Crippen MR) is 160 cm³/mol. The maximum Gasteiger partial charge on any atom is 0.248 e. The molecule has 9 nitrogen and oxygen atoms in total. The molecule has 0 aliphatic rings. The minimum Gasteiger partial charge on any atom is -0.493 e. The van der Waals surface area contributed by atoms with E-state index in [1.54, 1.807) is 31.3 Å². The Labute approximate surface area is 248 Å². The van der Waals surface area contributed by atoms with Gasteiger partial charge in [0.15, 0.2) is 11.5 Å². The summed E-state index contributed by atoms with van der Waals surface area (Å²) in [5.74, 6) is 0.780. The fourth-order valence-electron chi connectivity index (χ4n) is 3.98. The van der Waals surface area contributed by atoms with Gasteiger partial charge in [0, 0.05) is 30.1 Å². The summed E-state index contributed by atoms with van der Waals surface area (Å²) in [4.78, 5) is 27.5. The van der Waals surface area contributed by atoms with E-state index in [-0.39, 0.29) is 31.4 Å². The van der Waals surface area contributed by atoms with Gasteiger partial charge in [-0.15, -0.1) is 10.2 Å². The maximum atomic E-state index is 13.1. The SMILES string of the molecule is COc1ccc(CCN(CCC(=O)Nc2nnc(-c3ccc(Cl)cc3)s2)C(=O)COCc2ccccc2)cc1OC. The zero-order chi connectivity index (χ0) is 29.0. The van der Waals surface area contributed by atoms with Gasteiger partial charge in [-0.2, -0.15) is 0 Å². The monoisotopic (exact) mass is 594 g/mol. The molecule has 3 aromatic carbocycles. The number of ether oxygens (including phenoxy) is 3. The number of aromatic nitrogens is 2. The number of rotatable bonds is 14. The molecule has 0 spiro atoms. The molecule has 0 unspecified atom stereocenters. The van der Waals surface area contributed by atoms with Crippen molar-refractivity contribution >= 4 is 39.9 Å².